The predicted molar refractivity (Wildman–Crippen MR) is 122 cm³/mol. The maximum absolute atomic E-state index is 13.3. The first kappa shape index (κ1) is 22.7. The number of hydrogen-bond acceptors (Lipinski definition) is 8. The van der Waals surface area contributed by atoms with Gasteiger partial charge in [0.05, 0.1) is 6.61 Å². The molecule has 0 saturated carbocycles. The highest BCUT2D eigenvalue weighted by Gasteiger charge is 2.65. The maximum Gasteiger partial charge on any atom is 0.557 e. The normalized spacial score (nSPS) is 33.6. The minimum absolute atomic E-state index is 0.315. The van der Waals surface area contributed by atoms with Gasteiger partial charge in [0.15, 0.2) is 23.8 Å². The second-order valence-electron chi connectivity index (χ2n) is 9.42. The quantitative estimate of drug-likeness (QED) is 0.513. The van der Waals surface area contributed by atoms with Gasteiger partial charge < -0.3 is 29.4 Å². The lowest BCUT2D eigenvalue weighted by Gasteiger charge is -2.31. The molecular formula is C24H29NO7P+. The fourth-order valence-electron chi connectivity index (χ4n) is 4.54. The summed E-state index contributed by atoms with van der Waals surface area (Å²) in [7, 11) is -2.27. The molecule has 3 fully saturated rings. The Morgan fingerprint density at radius 1 is 0.939 bits per heavy atom. The Balaban J connectivity index is 1.45. The fraction of sp³-hybridized carbons (Fsp3) is 0.500. The Morgan fingerprint density at radius 2 is 1.67 bits per heavy atom. The Bertz CT molecular complexity index is 1040. The van der Waals surface area contributed by atoms with E-state index in [1.54, 1.807) is 12.1 Å². The van der Waals surface area contributed by atoms with Gasteiger partial charge in [-0.05, 0) is 56.0 Å². The molecule has 0 spiro atoms. The van der Waals surface area contributed by atoms with E-state index in [-0.39, 0.29) is 0 Å². The van der Waals surface area contributed by atoms with Gasteiger partial charge in [-0.25, -0.2) is 0 Å². The molecule has 2 N–H and O–H groups in total. The van der Waals surface area contributed by atoms with Crippen LogP contribution >= 0.6 is 8.03 Å². The average Bonchev–Trinajstić information content (AvgIpc) is 3.29. The molecule has 6 unspecified atom stereocenters. The van der Waals surface area contributed by atoms with Gasteiger partial charge in [-0.2, -0.15) is 0 Å². The smallest absolute Gasteiger partial charge is 0.442 e. The molecule has 5 rings (SSSR count). The Labute approximate surface area is 194 Å². The molecule has 2 aromatic rings. The minimum Gasteiger partial charge on any atom is -0.442 e. The van der Waals surface area contributed by atoms with Crippen LogP contribution in [0.5, 0.6) is 5.75 Å². The number of nitrogen functional groups attached to an aromatic ring is 1. The standard InChI is InChI=1S/C24H29NO7P/c1-23(2)27-13-18(29-23)19-20-21(31-24(3,4)30-20)22(33(26)32-19)28-17-11-10-15(25)12-16(17)14-8-6-5-7-9-14/h5-12,18-22H,13,25H2,1-4H3/q+1. The van der Waals surface area contributed by atoms with Crippen molar-refractivity contribution in [1.82, 2.24) is 0 Å². The molecule has 3 aliphatic heterocycles. The van der Waals surface area contributed by atoms with Crippen molar-refractivity contribution in [2.75, 3.05) is 12.3 Å². The molecule has 3 saturated heterocycles. The van der Waals surface area contributed by atoms with Crippen LogP contribution in [-0.2, 0) is 28.0 Å². The van der Waals surface area contributed by atoms with Gasteiger partial charge in [0.25, 0.3) is 0 Å². The van der Waals surface area contributed by atoms with Crippen LogP contribution in [0.3, 0.4) is 0 Å². The topological polar surface area (TPSA) is 98.5 Å². The second kappa shape index (κ2) is 8.31. The number of hydrogen-bond donors (Lipinski definition) is 1. The number of rotatable bonds is 4. The van der Waals surface area contributed by atoms with Crippen LogP contribution in [0.2, 0.25) is 0 Å². The van der Waals surface area contributed by atoms with Crippen molar-refractivity contribution in [3.63, 3.8) is 0 Å². The second-order valence-corrected chi connectivity index (χ2v) is 10.7. The average molecular weight is 474 g/mol. The van der Waals surface area contributed by atoms with E-state index in [4.69, 9.17) is 33.9 Å². The van der Waals surface area contributed by atoms with E-state index in [1.165, 1.54) is 0 Å². The van der Waals surface area contributed by atoms with Gasteiger partial charge in [0.2, 0.25) is 0 Å². The molecule has 3 aliphatic rings. The first-order valence-corrected chi connectivity index (χ1v) is 12.3. The van der Waals surface area contributed by atoms with Gasteiger partial charge in [0.1, 0.15) is 18.0 Å². The summed E-state index contributed by atoms with van der Waals surface area (Å²) in [6, 6.07) is 15.1. The van der Waals surface area contributed by atoms with Gasteiger partial charge in [0, 0.05) is 11.3 Å². The van der Waals surface area contributed by atoms with Crippen molar-refractivity contribution in [3.05, 3.63) is 48.5 Å². The van der Waals surface area contributed by atoms with E-state index in [0.717, 1.165) is 11.1 Å². The number of anilines is 1. The first-order chi connectivity index (χ1) is 15.6. The summed E-state index contributed by atoms with van der Waals surface area (Å²) in [6.07, 6.45) is -2.19. The number of nitrogens with two attached hydrogens (primary N) is 1. The Hall–Kier alpha value is -2.06. The lowest BCUT2D eigenvalue weighted by atomic mass is 10.0. The van der Waals surface area contributed by atoms with E-state index in [2.05, 4.69) is 0 Å². The molecule has 6 atom stereocenters. The maximum atomic E-state index is 13.3. The molecule has 0 aromatic heterocycles. The summed E-state index contributed by atoms with van der Waals surface area (Å²) in [4.78, 5) is 0. The van der Waals surface area contributed by atoms with E-state index in [1.807, 2.05) is 64.1 Å². The molecule has 33 heavy (non-hydrogen) atoms. The molecule has 0 amide bonds. The third-order valence-electron chi connectivity index (χ3n) is 5.93. The van der Waals surface area contributed by atoms with E-state index >= 15 is 0 Å². The van der Waals surface area contributed by atoms with Crippen LogP contribution in [-0.4, -0.2) is 48.4 Å². The minimum atomic E-state index is -2.27. The van der Waals surface area contributed by atoms with Crippen molar-refractivity contribution < 1.29 is 32.8 Å². The van der Waals surface area contributed by atoms with E-state index in [9.17, 15) is 4.57 Å². The molecule has 2 aromatic carbocycles. The predicted octanol–water partition coefficient (Wildman–Crippen LogP) is 4.45. The van der Waals surface area contributed by atoms with Gasteiger partial charge in [-0.3, -0.25) is 0 Å². The lowest BCUT2D eigenvalue weighted by molar-refractivity contribution is -0.173. The summed E-state index contributed by atoms with van der Waals surface area (Å²) in [5.74, 6) is -1.97. The highest BCUT2D eigenvalue weighted by Crippen LogP contribution is 2.51. The molecule has 0 bridgehead atoms. The summed E-state index contributed by atoms with van der Waals surface area (Å²) < 4.78 is 49.7. The van der Waals surface area contributed by atoms with Crippen LogP contribution in [0.25, 0.3) is 11.1 Å². The summed E-state index contributed by atoms with van der Waals surface area (Å²) in [6.45, 7) is 7.63. The molecule has 9 heteroatoms. The van der Waals surface area contributed by atoms with Gasteiger partial charge >= 0.3 is 13.9 Å². The molecule has 8 nitrogen and oxygen atoms in total. The first-order valence-electron chi connectivity index (χ1n) is 11.0. The summed E-state index contributed by atoms with van der Waals surface area (Å²) >= 11 is 0. The molecule has 3 heterocycles. The zero-order valence-corrected chi connectivity index (χ0v) is 20.0. The number of fused-ring (bicyclic) bond motifs is 1. The van der Waals surface area contributed by atoms with Crippen LogP contribution in [0, 0.1) is 0 Å². The molecule has 0 radical (unpaired) electrons. The highest BCUT2D eigenvalue weighted by molar-refractivity contribution is 7.40. The van der Waals surface area contributed by atoms with E-state index in [0.29, 0.717) is 18.0 Å². The highest BCUT2D eigenvalue weighted by atomic mass is 31.1. The monoisotopic (exact) mass is 474 g/mol. The summed E-state index contributed by atoms with van der Waals surface area (Å²) in [5.41, 5.74) is 8.38. The molecule has 0 aliphatic carbocycles. The van der Waals surface area contributed by atoms with Crippen LogP contribution in [0.15, 0.2) is 48.5 Å². The van der Waals surface area contributed by atoms with Crippen molar-refractivity contribution >= 4 is 13.7 Å². The molecule has 176 valence electrons. The van der Waals surface area contributed by atoms with Crippen LogP contribution in [0.4, 0.5) is 5.69 Å². The fourth-order valence-corrected chi connectivity index (χ4v) is 5.83. The van der Waals surface area contributed by atoms with Crippen molar-refractivity contribution in [2.24, 2.45) is 0 Å². The number of benzene rings is 2. The zero-order valence-electron chi connectivity index (χ0n) is 19.1. The van der Waals surface area contributed by atoms with Gasteiger partial charge in [-0.1, -0.05) is 30.3 Å². The third kappa shape index (κ3) is 4.52. The van der Waals surface area contributed by atoms with Crippen LogP contribution in [0.1, 0.15) is 27.7 Å². The molecular weight excluding hydrogens is 445 g/mol. The van der Waals surface area contributed by atoms with Crippen molar-refractivity contribution in [1.29, 1.82) is 0 Å². The largest absolute Gasteiger partial charge is 0.557 e. The van der Waals surface area contributed by atoms with Gasteiger partial charge in [-0.15, -0.1) is 4.52 Å². The SMILES string of the molecule is CC1(C)OCC(C2O[P+](=O)C(Oc3ccc(N)cc3-c3ccccc3)C3OC(C)(C)OC23)O1. The van der Waals surface area contributed by atoms with Crippen LogP contribution < -0.4 is 10.5 Å². The zero-order chi connectivity index (χ0) is 23.4. The third-order valence-corrected chi connectivity index (χ3v) is 7.20. The summed E-state index contributed by atoms with van der Waals surface area (Å²) in [5, 5.41) is 0. The van der Waals surface area contributed by atoms with E-state index < -0.39 is 49.9 Å². The lowest BCUT2D eigenvalue weighted by Crippen LogP contribution is -2.53. The number of ether oxygens (including phenoxy) is 5. The van der Waals surface area contributed by atoms with Crippen molar-refractivity contribution in [2.45, 2.75) is 69.5 Å². The Morgan fingerprint density at radius 3 is 2.36 bits per heavy atom. The Kier molecular flexibility index (Phi) is 5.72. The van der Waals surface area contributed by atoms with Crippen molar-refractivity contribution in [3.8, 4) is 16.9 Å².